The Balaban J connectivity index is 1.37. The van der Waals surface area contributed by atoms with Crippen LogP contribution in [0.5, 0.6) is 17.4 Å². The van der Waals surface area contributed by atoms with Crippen LogP contribution < -0.4 is 14.2 Å². The number of rotatable bonds is 8. The van der Waals surface area contributed by atoms with E-state index in [2.05, 4.69) is 14.7 Å². The summed E-state index contributed by atoms with van der Waals surface area (Å²) in [5.74, 6) is -0.0133. The second kappa shape index (κ2) is 9.39. The maximum Gasteiger partial charge on any atom is 0.573 e. The molecule has 0 radical (unpaired) electrons. The highest BCUT2D eigenvalue weighted by Crippen LogP contribution is 2.37. The van der Waals surface area contributed by atoms with E-state index in [9.17, 15) is 17.6 Å². The topological polar surface area (TPSA) is 53.5 Å². The van der Waals surface area contributed by atoms with E-state index in [0.717, 1.165) is 21.3 Å². The van der Waals surface area contributed by atoms with Crippen molar-refractivity contribution in [3.8, 4) is 28.5 Å². The minimum atomic E-state index is -4.76. The Labute approximate surface area is 184 Å². The molecular formula is C22H16F4N2O3S. The largest absolute Gasteiger partial charge is 0.573 e. The van der Waals surface area contributed by atoms with E-state index in [0.29, 0.717) is 12.3 Å². The zero-order valence-electron chi connectivity index (χ0n) is 16.4. The van der Waals surface area contributed by atoms with E-state index in [4.69, 9.17) is 9.47 Å². The molecule has 4 rings (SSSR count). The number of benzene rings is 2. The van der Waals surface area contributed by atoms with Crippen molar-refractivity contribution in [1.82, 2.24) is 9.97 Å². The standard InChI is InChI=1S/C22H16F4N2O3S/c23-15-7-5-14(6-8-15)18-12-32-21-19(18)20(27-13-28-21)30-10-2-9-29-16-3-1-4-17(11-16)31-22(24,25)26/h1,3-8,11-13H,2,9-10H2. The molecule has 32 heavy (non-hydrogen) atoms. The molecule has 166 valence electrons. The number of nitrogens with zero attached hydrogens (tertiary/aromatic N) is 2. The fraction of sp³-hybridized carbons (Fsp3) is 0.182. The van der Waals surface area contributed by atoms with E-state index in [1.54, 1.807) is 18.2 Å². The lowest BCUT2D eigenvalue weighted by molar-refractivity contribution is -0.274. The lowest BCUT2D eigenvalue weighted by atomic mass is 10.1. The molecule has 5 nitrogen and oxygen atoms in total. The van der Waals surface area contributed by atoms with Crippen molar-refractivity contribution in [2.75, 3.05) is 13.2 Å². The summed E-state index contributed by atoms with van der Waals surface area (Å²) in [6, 6.07) is 11.4. The number of ether oxygens (including phenoxy) is 3. The van der Waals surface area contributed by atoms with E-state index in [1.165, 1.54) is 48.0 Å². The highest BCUT2D eigenvalue weighted by atomic mass is 32.1. The van der Waals surface area contributed by atoms with Crippen molar-refractivity contribution in [2.45, 2.75) is 12.8 Å². The normalized spacial score (nSPS) is 11.5. The molecule has 2 aromatic carbocycles. The van der Waals surface area contributed by atoms with Crippen molar-refractivity contribution < 1.29 is 31.8 Å². The maximum atomic E-state index is 13.3. The van der Waals surface area contributed by atoms with E-state index < -0.39 is 6.36 Å². The van der Waals surface area contributed by atoms with Crippen molar-refractivity contribution >= 4 is 21.6 Å². The third-order valence-electron chi connectivity index (χ3n) is 4.33. The molecule has 2 aromatic heterocycles. The molecule has 0 atom stereocenters. The average Bonchev–Trinajstić information content (AvgIpc) is 3.18. The highest BCUT2D eigenvalue weighted by molar-refractivity contribution is 7.17. The van der Waals surface area contributed by atoms with Gasteiger partial charge in [-0.2, -0.15) is 0 Å². The minimum Gasteiger partial charge on any atom is -0.493 e. The molecule has 0 unspecified atom stereocenters. The molecule has 0 bridgehead atoms. The van der Waals surface area contributed by atoms with Gasteiger partial charge in [0.2, 0.25) is 5.88 Å². The summed E-state index contributed by atoms with van der Waals surface area (Å²) in [6.07, 6.45) is -2.89. The Morgan fingerprint density at radius 3 is 2.44 bits per heavy atom. The minimum absolute atomic E-state index is 0.220. The van der Waals surface area contributed by atoms with Crippen molar-refractivity contribution in [3.63, 3.8) is 0 Å². The maximum absolute atomic E-state index is 13.3. The van der Waals surface area contributed by atoms with Crippen LogP contribution in [-0.4, -0.2) is 29.5 Å². The van der Waals surface area contributed by atoms with E-state index in [-0.39, 0.29) is 30.5 Å². The van der Waals surface area contributed by atoms with Crippen LogP contribution in [0.15, 0.2) is 60.2 Å². The fourth-order valence-corrected chi connectivity index (χ4v) is 3.88. The van der Waals surface area contributed by atoms with Crippen molar-refractivity contribution in [1.29, 1.82) is 0 Å². The zero-order chi connectivity index (χ0) is 22.6. The van der Waals surface area contributed by atoms with Gasteiger partial charge in [-0.25, -0.2) is 14.4 Å². The third-order valence-corrected chi connectivity index (χ3v) is 5.21. The fourth-order valence-electron chi connectivity index (χ4n) is 2.98. The van der Waals surface area contributed by atoms with Gasteiger partial charge in [-0.15, -0.1) is 24.5 Å². The smallest absolute Gasteiger partial charge is 0.493 e. The Bertz CT molecular complexity index is 1200. The summed E-state index contributed by atoms with van der Waals surface area (Å²) in [4.78, 5) is 9.22. The molecule has 10 heteroatoms. The van der Waals surface area contributed by atoms with Gasteiger partial charge in [0.05, 0.1) is 18.6 Å². The highest BCUT2D eigenvalue weighted by Gasteiger charge is 2.31. The van der Waals surface area contributed by atoms with Gasteiger partial charge in [0.1, 0.15) is 28.5 Å². The van der Waals surface area contributed by atoms with Gasteiger partial charge in [0.25, 0.3) is 0 Å². The summed E-state index contributed by atoms with van der Waals surface area (Å²) >= 11 is 1.43. The van der Waals surface area contributed by atoms with Gasteiger partial charge in [0, 0.05) is 23.4 Å². The first kappa shape index (κ1) is 21.8. The van der Waals surface area contributed by atoms with E-state index in [1.807, 2.05) is 5.38 Å². The monoisotopic (exact) mass is 464 g/mol. The van der Waals surface area contributed by atoms with Crippen LogP contribution in [-0.2, 0) is 0 Å². The summed E-state index contributed by atoms with van der Waals surface area (Å²) in [7, 11) is 0. The molecule has 0 saturated heterocycles. The quantitative estimate of drug-likeness (QED) is 0.228. The Morgan fingerprint density at radius 2 is 1.66 bits per heavy atom. The number of halogens is 4. The molecule has 0 aliphatic rings. The van der Waals surface area contributed by atoms with Crippen LogP contribution in [0.3, 0.4) is 0 Å². The summed E-state index contributed by atoms with van der Waals surface area (Å²) in [6.45, 7) is 0.488. The average molecular weight is 464 g/mol. The lowest BCUT2D eigenvalue weighted by Crippen LogP contribution is -2.17. The summed E-state index contributed by atoms with van der Waals surface area (Å²) in [5, 5.41) is 2.65. The van der Waals surface area contributed by atoms with Crippen molar-refractivity contribution in [3.05, 3.63) is 66.1 Å². The SMILES string of the molecule is Fc1ccc(-c2csc3ncnc(OCCCOc4cccc(OC(F)(F)F)c4)c23)cc1. The molecule has 2 heterocycles. The van der Waals surface area contributed by atoms with Crippen LogP contribution in [0.25, 0.3) is 21.3 Å². The van der Waals surface area contributed by atoms with Gasteiger partial charge in [0.15, 0.2) is 0 Å². The third kappa shape index (κ3) is 5.44. The summed E-state index contributed by atoms with van der Waals surface area (Å²) in [5.41, 5.74) is 1.67. The number of hydrogen-bond donors (Lipinski definition) is 0. The molecule has 0 aliphatic heterocycles. The number of alkyl halides is 3. The molecule has 0 spiro atoms. The number of aromatic nitrogens is 2. The molecule has 0 saturated carbocycles. The first-order valence-corrected chi connectivity index (χ1v) is 10.4. The van der Waals surface area contributed by atoms with Gasteiger partial charge in [-0.1, -0.05) is 18.2 Å². The molecule has 0 fully saturated rings. The van der Waals surface area contributed by atoms with Gasteiger partial charge < -0.3 is 14.2 Å². The molecule has 4 aromatic rings. The van der Waals surface area contributed by atoms with Crippen LogP contribution in [0.4, 0.5) is 17.6 Å². The molecule has 0 amide bonds. The second-order valence-electron chi connectivity index (χ2n) is 6.59. The van der Waals surface area contributed by atoms with Gasteiger partial charge in [-0.05, 0) is 29.8 Å². The van der Waals surface area contributed by atoms with Crippen LogP contribution >= 0.6 is 11.3 Å². The predicted molar refractivity (Wildman–Crippen MR) is 112 cm³/mol. The Morgan fingerprint density at radius 1 is 0.906 bits per heavy atom. The van der Waals surface area contributed by atoms with Crippen LogP contribution in [0, 0.1) is 5.82 Å². The Kier molecular flexibility index (Phi) is 6.40. The number of hydrogen-bond acceptors (Lipinski definition) is 6. The predicted octanol–water partition coefficient (Wildman–Crippen LogP) is 6.24. The number of fused-ring (bicyclic) bond motifs is 1. The van der Waals surface area contributed by atoms with Crippen molar-refractivity contribution in [2.24, 2.45) is 0 Å². The van der Waals surface area contributed by atoms with Gasteiger partial charge in [-0.3, -0.25) is 0 Å². The van der Waals surface area contributed by atoms with E-state index >= 15 is 0 Å². The molecule has 0 aliphatic carbocycles. The molecular weight excluding hydrogens is 448 g/mol. The summed E-state index contributed by atoms with van der Waals surface area (Å²) < 4.78 is 65.4. The first-order chi connectivity index (χ1) is 15.4. The molecule has 0 N–H and O–H groups in total. The zero-order valence-corrected chi connectivity index (χ0v) is 17.3. The lowest BCUT2D eigenvalue weighted by Gasteiger charge is -2.11. The first-order valence-electron chi connectivity index (χ1n) is 9.48. The van der Waals surface area contributed by atoms with Crippen LogP contribution in [0.2, 0.25) is 0 Å². The van der Waals surface area contributed by atoms with Crippen LogP contribution in [0.1, 0.15) is 6.42 Å². The number of thiophene rings is 1. The van der Waals surface area contributed by atoms with Gasteiger partial charge >= 0.3 is 6.36 Å². The Hall–Kier alpha value is -3.40. The second-order valence-corrected chi connectivity index (χ2v) is 7.45.